The quantitative estimate of drug-likeness (QED) is 0.371. The fraction of sp³-hybridized carbons (Fsp3) is 0.143. The van der Waals surface area contributed by atoms with E-state index in [1.807, 2.05) is 31.2 Å². The van der Waals surface area contributed by atoms with E-state index in [4.69, 9.17) is 11.1 Å². The van der Waals surface area contributed by atoms with Crippen molar-refractivity contribution < 1.29 is 9.59 Å². The Bertz CT molecular complexity index is 682. The lowest BCUT2D eigenvalue weighted by Gasteiger charge is -2.25. The van der Waals surface area contributed by atoms with Crippen molar-refractivity contribution in [3.63, 3.8) is 0 Å². The van der Waals surface area contributed by atoms with Crippen molar-refractivity contribution >= 4 is 22.6 Å². The first kappa shape index (κ1) is 13.6. The van der Waals surface area contributed by atoms with Crippen LogP contribution in [0.1, 0.15) is 27.6 Å². The lowest BCUT2D eigenvalue weighted by atomic mass is 9.94. The smallest absolute Gasteiger partial charge is 0.261 e. The summed E-state index contributed by atoms with van der Waals surface area (Å²) in [5, 5.41) is 1.73. The minimum absolute atomic E-state index is 0.193. The molecule has 1 N–H and O–H groups in total. The van der Waals surface area contributed by atoms with Gasteiger partial charge in [-0.2, -0.15) is 0 Å². The van der Waals surface area contributed by atoms with Crippen LogP contribution in [0.4, 0.5) is 0 Å². The van der Waals surface area contributed by atoms with E-state index < -0.39 is 0 Å². The second-order valence-corrected chi connectivity index (χ2v) is 4.16. The molecule has 0 radical (unpaired) electrons. The molecule has 1 heterocycles. The van der Waals surface area contributed by atoms with Gasteiger partial charge in [0.15, 0.2) is 0 Å². The first-order valence-corrected chi connectivity index (χ1v) is 6.04. The normalized spacial score (nSPS) is 12.8. The van der Waals surface area contributed by atoms with Crippen molar-refractivity contribution in [2.24, 2.45) is 0 Å². The summed E-state index contributed by atoms with van der Waals surface area (Å²) < 4.78 is 0. The Balaban J connectivity index is 0.000000452. The number of hydrogen-bond acceptors (Lipinski definition) is 3. The molecule has 0 atom stereocenters. The molecular formula is C14H12N4O2. The van der Waals surface area contributed by atoms with Gasteiger partial charge in [-0.25, -0.2) is 0 Å². The number of rotatable bonds is 1. The summed E-state index contributed by atoms with van der Waals surface area (Å²) in [7, 11) is 0. The SMILES string of the molecule is CCN1C(=O)c2cccc3cccc(c23)C1=O.[N-]=[N+]=N. The standard InChI is InChI=1S/C14H11NO2.HN3/c1-2-15-13(16)10-7-3-5-9-6-4-8-11(12(9)10)14(15)17;1-3-2/h3-8H,2H2,1H3;1H. The van der Waals surface area contributed by atoms with Crippen LogP contribution in [0.25, 0.3) is 21.2 Å². The van der Waals surface area contributed by atoms with Gasteiger partial charge < -0.3 is 0 Å². The molecule has 0 saturated heterocycles. The maximum atomic E-state index is 12.1. The van der Waals surface area contributed by atoms with Gasteiger partial charge in [0.25, 0.3) is 11.8 Å². The minimum atomic E-state index is -0.193. The van der Waals surface area contributed by atoms with E-state index in [9.17, 15) is 9.59 Å². The van der Waals surface area contributed by atoms with Gasteiger partial charge in [0.2, 0.25) is 0 Å². The summed E-state index contributed by atoms with van der Waals surface area (Å²) in [5.41, 5.74) is 13.5. The Kier molecular flexibility index (Phi) is 3.68. The molecule has 2 aromatic rings. The molecular weight excluding hydrogens is 256 g/mol. The van der Waals surface area contributed by atoms with E-state index in [-0.39, 0.29) is 11.8 Å². The van der Waals surface area contributed by atoms with Crippen molar-refractivity contribution in [3.8, 4) is 0 Å². The van der Waals surface area contributed by atoms with Crippen molar-refractivity contribution in [2.75, 3.05) is 6.54 Å². The number of carbonyl (C=O) groups excluding carboxylic acids is 2. The fourth-order valence-corrected chi connectivity index (χ4v) is 2.37. The summed E-state index contributed by atoms with van der Waals surface area (Å²) in [6, 6.07) is 11.1. The fourth-order valence-electron chi connectivity index (χ4n) is 2.37. The van der Waals surface area contributed by atoms with E-state index in [1.165, 1.54) is 4.90 Å². The maximum Gasteiger partial charge on any atom is 0.261 e. The van der Waals surface area contributed by atoms with Gasteiger partial charge in [0, 0.05) is 23.1 Å². The molecule has 100 valence electrons. The second kappa shape index (κ2) is 5.42. The van der Waals surface area contributed by atoms with E-state index in [0.29, 0.717) is 17.7 Å². The topological polar surface area (TPSA) is 97.6 Å². The van der Waals surface area contributed by atoms with Crippen LogP contribution in [0.15, 0.2) is 36.4 Å². The molecule has 0 aromatic heterocycles. The molecule has 0 saturated carbocycles. The summed E-state index contributed by atoms with van der Waals surface area (Å²) in [4.78, 5) is 27.3. The Hall–Kier alpha value is -2.85. The Morgan fingerprint density at radius 1 is 1.10 bits per heavy atom. The predicted molar refractivity (Wildman–Crippen MR) is 74.4 cm³/mol. The molecule has 2 amide bonds. The summed E-state index contributed by atoms with van der Waals surface area (Å²) in [5.74, 6) is -0.386. The number of benzene rings is 2. The lowest BCUT2D eigenvalue weighted by Crippen LogP contribution is -2.39. The predicted octanol–water partition coefficient (Wildman–Crippen LogP) is 3.33. The monoisotopic (exact) mass is 268 g/mol. The minimum Gasteiger partial charge on any atom is -0.275 e. The highest BCUT2D eigenvalue weighted by molar-refractivity contribution is 6.25. The van der Waals surface area contributed by atoms with Crippen LogP contribution < -0.4 is 0 Å². The molecule has 0 fully saturated rings. The van der Waals surface area contributed by atoms with Gasteiger partial charge in [-0.05, 0) is 34.9 Å². The third kappa shape index (κ3) is 1.98. The zero-order valence-corrected chi connectivity index (χ0v) is 10.8. The molecule has 0 bridgehead atoms. The number of carbonyl (C=O) groups is 2. The molecule has 6 nitrogen and oxygen atoms in total. The molecule has 3 rings (SSSR count). The first-order chi connectivity index (χ1) is 9.65. The Labute approximate surface area is 115 Å². The molecule has 1 aliphatic rings. The third-order valence-corrected chi connectivity index (χ3v) is 3.17. The van der Waals surface area contributed by atoms with Gasteiger partial charge in [-0.15, -0.1) is 5.53 Å². The average Bonchev–Trinajstić information content (AvgIpc) is 2.46. The number of amides is 2. The van der Waals surface area contributed by atoms with E-state index >= 15 is 0 Å². The summed E-state index contributed by atoms with van der Waals surface area (Å²) in [6.07, 6.45) is 0. The largest absolute Gasteiger partial charge is 0.275 e. The highest BCUT2D eigenvalue weighted by Gasteiger charge is 2.31. The number of hydrogen-bond donors (Lipinski definition) is 1. The van der Waals surface area contributed by atoms with Crippen molar-refractivity contribution in [1.29, 1.82) is 5.53 Å². The van der Waals surface area contributed by atoms with Crippen LogP contribution in [0.3, 0.4) is 0 Å². The van der Waals surface area contributed by atoms with Crippen molar-refractivity contribution in [1.82, 2.24) is 4.90 Å². The highest BCUT2D eigenvalue weighted by atomic mass is 16.2. The van der Waals surface area contributed by atoms with Crippen LogP contribution in [-0.2, 0) is 0 Å². The van der Waals surface area contributed by atoms with Gasteiger partial charge >= 0.3 is 0 Å². The van der Waals surface area contributed by atoms with Crippen LogP contribution in [-0.4, -0.2) is 23.3 Å². The van der Waals surface area contributed by atoms with Crippen molar-refractivity contribution in [2.45, 2.75) is 6.92 Å². The molecule has 0 unspecified atom stereocenters. The van der Waals surface area contributed by atoms with Gasteiger partial charge in [0.05, 0.1) is 0 Å². The van der Waals surface area contributed by atoms with E-state index in [0.717, 1.165) is 10.8 Å². The number of imide groups is 1. The lowest BCUT2D eigenvalue weighted by molar-refractivity contribution is 0.0619. The van der Waals surface area contributed by atoms with Crippen LogP contribution in [0.2, 0.25) is 0 Å². The maximum absolute atomic E-state index is 12.1. The van der Waals surface area contributed by atoms with Gasteiger partial charge in [-0.3, -0.25) is 14.5 Å². The van der Waals surface area contributed by atoms with Crippen LogP contribution in [0, 0.1) is 5.53 Å². The third-order valence-electron chi connectivity index (χ3n) is 3.17. The molecule has 1 aliphatic heterocycles. The Morgan fingerprint density at radius 2 is 1.55 bits per heavy atom. The molecule has 6 heteroatoms. The average molecular weight is 268 g/mol. The van der Waals surface area contributed by atoms with E-state index in [1.54, 1.807) is 17.0 Å². The second-order valence-electron chi connectivity index (χ2n) is 4.16. The number of nitrogens with one attached hydrogen (secondary N) is 1. The first-order valence-electron chi connectivity index (χ1n) is 6.04. The molecule has 0 spiro atoms. The Morgan fingerprint density at radius 3 is 1.95 bits per heavy atom. The van der Waals surface area contributed by atoms with Crippen LogP contribution in [0.5, 0.6) is 0 Å². The zero-order valence-electron chi connectivity index (χ0n) is 10.8. The highest BCUT2D eigenvalue weighted by Crippen LogP contribution is 2.29. The van der Waals surface area contributed by atoms with Crippen LogP contribution >= 0.6 is 0 Å². The number of nitrogens with zero attached hydrogens (tertiary/aromatic N) is 3. The van der Waals surface area contributed by atoms with Gasteiger partial charge in [-0.1, -0.05) is 24.3 Å². The molecule has 20 heavy (non-hydrogen) atoms. The van der Waals surface area contributed by atoms with Gasteiger partial charge in [0.1, 0.15) is 0 Å². The molecule has 0 aliphatic carbocycles. The van der Waals surface area contributed by atoms with E-state index in [2.05, 4.69) is 0 Å². The summed E-state index contributed by atoms with van der Waals surface area (Å²) in [6.45, 7) is 2.21. The summed E-state index contributed by atoms with van der Waals surface area (Å²) >= 11 is 0. The zero-order chi connectivity index (χ0) is 14.7. The van der Waals surface area contributed by atoms with Crippen molar-refractivity contribution in [3.05, 3.63) is 58.0 Å². The molecule has 2 aromatic carbocycles.